The SMILES string of the molecule is Cc1cc(CCCCCCCOc2ccc(C(=O)N(C)C)cc2)on1. The zero-order chi connectivity index (χ0) is 18.1. The van der Waals surface area contributed by atoms with Crippen molar-refractivity contribution in [1.82, 2.24) is 10.1 Å². The van der Waals surface area contributed by atoms with E-state index in [0.717, 1.165) is 42.9 Å². The van der Waals surface area contributed by atoms with Gasteiger partial charge in [0.1, 0.15) is 11.5 Å². The summed E-state index contributed by atoms with van der Waals surface area (Å²) in [7, 11) is 3.50. The van der Waals surface area contributed by atoms with Crippen LogP contribution in [0.15, 0.2) is 34.9 Å². The summed E-state index contributed by atoms with van der Waals surface area (Å²) in [5, 5.41) is 3.90. The first-order chi connectivity index (χ1) is 12.1. The van der Waals surface area contributed by atoms with Crippen LogP contribution < -0.4 is 4.74 Å². The van der Waals surface area contributed by atoms with Gasteiger partial charge in [-0.2, -0.15) is 0 Å². The van der Waals surface area contributed by atoms with Gasteiger partial charge in [0, 0.05) is 32.1 Å². The number of hydrogen-bond acceptors (Lipinski definition) is 4. The second kappa shape index (κ2) is 9.87. The molecule has 0 unspecified atom stereocenters. The van der Waals surface area contributed by atoms with E-state index in [-0.39, 0.29) is 5.91 Å². The number of amides is 1. The maximum absolute atomic E-state index is 11.8. The molecule has 0 aliphatic heterocycles. The van der Waals surface area contributed by atoms with E-state index in [2.05, 4.69) is 5.16 Å². The van der Waals surface area contributed by atoms with Crippen LogP contribution in [0.1, 0.15) is 53.9 Å². The van der Waals surface area contributed by atoms with Crippen LogP contribution >= 0.6 is 0 Å². The maximum Gasteiger partial charge on any atom is 0.253 e. The zero-order valence-electron chi connectivity index (χ0n) is 15.5. The molecule has 0 N–H and O–H groups in total. The van der Waals surface area contributed by atoms with Crippen molar-refractivity contribution in [2.75, 3.05) is 20.7 Å². The summed E-state index contributed by atoms with van der Waals surface area (Å²) in [6, 6.07) is 9.34. The number of hydrogen-bond donors (Lipinski definition) is 0. The molecule has 0 radical (unpaired) electrons. The van der Waals surface area contributed by atoms with Gasteiger partial charge in [-0.15, -0.1) is 0 Å². The molecule has 0 saturated carbocycles. The van der Waals surface area contributed by atoms with Crippen LogP contribution in [0, 0.1) is 6.92 Å². The topological polar surface area (TPSA) is 55.6 Å². The van der Waals surface area contributed by atoms with Crippen LogP contribution in [0.2, 0.25) is 0 Å². The number of nitrogens with zero attached hydrogens (tertiary/aromatic N) is 2. The van der Waals surface area contributed by atoms with Gasteiger partial charge in [0.05, 0.1) is 12.3 Å². The highest BCUT2D eigenvalue weighted by molar-refractivity contribution is 5.93. The van der Waals surface area contributed by atoms with E-state index in [4.69, 9.17) is 9.26 Å². The van der Waals surface area contributed by atoms with Crippen LogP contribution in [0.4, 0.5) is 0 Å². The van der Waals surface area contributed by atoms with Crippen molar-refractivity contribution in [3.8, 4) is 5.75 Å². The van der Waals surface area contributed by atoms with E-state index in [1.807, 2.05) is 37.3 Å². The lowest BCUT2D eigenvalue weighted by molar-refractivity contribution is 0.0827. The summed E-state index contributed by atoms with van der Waals surface area (Å²) >= 11 is 0. The van der Waals surface area contributed by atoms with Crippen LogP contribution in [0.5, 0.6) is 5.75 Å². The Morgan fingerprint density at radius 3 is 2.40 bits per heavy atom. The van der Waals surface area contributed by atoms with Crippen LogP contribution in [-0.2, 0) is 6.42 Å². The molecule has 1 amide bonds. The average molecular weight is 344 g/mol. The van der Waals surface area contributed by atoms with Gasteiger partial charge in [-0.05, 0) is 44.0 Å². The number of unbranched alkanes of at least 4 members (excludes halogenated alkanes) is 4. The van der Waals surface area contributed by atoms with Crippen LogP contribution in [0.25, 0.3) is 0 Å². The molecule has 2 rings (SSSR count). The number of benzene rings is 1. The molecule has 0 spiro atoms. The lowest BCUT2D eigenvalue weighted by atomic mass is 10.1. The molecule has 1 aromatic heterocycles. The first-order valence-corrected chi connectivity index (χ1v) is 8.93. The van der Waals surface area contributed by atoms with Crippen LogP contribution in [0.3, 0.4) is 0 Å². The Morgan fingerprint density at radius 2 is 1.76 bits per heavy atom. The number of ether oxygens (including phenoxy) is 1. The molecule has 5 nitrogen and oxygen atoms in total. The van der Waals surface area contributed by atoms with Gasteiger partial charge in [0.25, 0.3) is 5.91 Å². The predicted octanol–water partition coefficient (Wildman–Crippen LogP) is 4.26. The fraction of sp³-hybridized carbons (Fsp3) is 0.500. The number of aromatic nitrogens is 1. The van der Waals surface area contributed by atoms with E-state index >= 15 is 0 Å². The summed E-state index contributed by atoms with van der Waals surface area (Å²) in [6.07, 6.45) is 6.70. The first-order valence-electron chi connectivity index (χ1n) is 8.93. The third-order valence-electron chi connectivity index (χ3n) is 4.02. The minimum absolute atomic E-state index is 0.00652. The summed E-state index contributed by atoms with van der Waals surface area (Å²) in [6.45, 7) is 2.66. The van der Waals surface area contributed by atoms with E-state index in [9.17, 15) is 4.79 Å². The van der Waals surface area contributed by atoms with Gasteiger partial charge < -0.3 is 14.2 Å². The van der Waals surface area contributed by atoms with Crippen LogP contribution in [-0.4, -0.2) is 36.7 Å². The molecule has 136 valence electrons. The standard InChI is InChI=1S/C20H28N2O3/c1-16-15-19(25-21-16)9-7-5-4-6-8-14-24-18-12-10-17(11-13-18)20(23)22(2)3/h10-13,15H,4-9,14H2,1-3H3. The maximum atomic E-state index is 11.8. The highest BCUT2D eigenvalue weighted by atomic mass is 16.5. The quantitative estimate of drug-likeness (QED) is 0.604. The van der Waals surface area contributed by atoms with E-state index in [0.29, 0.717) is 12.2 Å². The number of aryl methyl sites for hydroxylation is 2. The van der Waals surface area contributed by atoms with Crippen molar-refractivity contribution in [2.45, 2.75) is 45.4 Å². The lowest BCUT2D eigenvalue weighted by Gasteiger charge is -2.11. The first kappa shape index (κ1) is 19.0. The smallest absolute Gasteiger partial charge is 0.253 e. The number of carbonyl (C=O) groups is 1. The molecule has 25 heavy (non-hydrogen) atoms. The van der Waals surface area contributed by atoms with Crippen molar-refractivity contribution >= 4 is 5.91 Å². The molecule has 5 heteroatoms. The molecular formula is C20H28N2O3. The average Bonchev–Trinajstić information content (AvgIpc) is 3.02. The molecule has 0 aliphatic carbocycles. The van der Waals surface area contributed by atoms with Crippen molar-refractivity contribution in [2.24, 2.45) is 0 Å². The third kappa shape index (κ3) is 6.61. The molecule has 0 fully saturated rings. The van der Waals surface area contributed by atoms with Crippen molar-refractivity contribution < 1.29 is 14.1 Å². The Kier molecular flexibility index (Phi) is 7.51. The van der Waals surface area contributed by atoms with Gasteiger partial charge in [-0.1, -0.05) is 24.4 Å². The van der Waals surface area contributed by atoms with Gasteiger partial charge in [0.2, 0.25) is 0 Å². The molecule has 1 heterocycles. The molecule has 2 aromatic rings. The van der Waals surface area contributed by atoms with Gasteiger partial charge in [-0.3, -0.25) is 4.79 Å². The van der Waals surface area contributed by atoms with Gasteiger partial charge >= 0.3 is 0 Å². The van der Waals surface area contributed by atoms with Gasteiger partial charge in [0.15, 0.2) is 0 Å². The van der Waals surface area contributed by atoms with Crippen molar-refractivity contribution in [3.05, 3.63) is 47.3 Å². The molecule has 0 saturated heterocycles. The Bertz CT molecular complexity index is 647. The largest absolute Gasteiger partial charge is 0.494 e. The monoisotopic (exact) mass is 344 g/mol. The molecule has 0 aliphatic rings. The second-order valence-electron chi connectivity index (χ2n) is 6.52. The summed E-state index contributed by atoms with van der Waals surface area (Å²) in [4.78, 5) is 13.4. The Balaban J connectivity index is 1.53. The summed E-state index contributed by atoms with van der Waals surface area (Å²) in [5.74, 6) is 1.81. The summed E-state index contributed by atoms with van der Waals surface area (Å²) in [5.41, 5.74) is 1.63. The highest BCUT2D eigenvalue weighted by Gasteiger charge is 2.07. The third-order valence-corrected chi connectivity index (χ3v) is 4.02. The van der Waals surface area contributed by atoms with Crippen molar-refractivity contribution in [3.63, 3.8) is 0 Å². The number of rotatable bonds is 10. The zero-order valence-corrected chi connectivity index (χ0v) is 15.5. The summed E-state index contributed by atoms with van der Waals surface area (Å²) < 4.78 is 10.9. The highest BCUT2D eigenvalue weighted by Crippen LogP contribution is 2.14. The van der Waals surface area contributed by atoms with E-state index in [1.165, 1.54) is 12.8 Å². The minimum Gasteiger partial charge on any atom is -0.494 e. The predicted molar refractivity (Wildman–Crippen MR) is 98.0 cm³/mol. The molecule has 1 aromatic carbocycles. The van der Waals surface area contributed by atoms with Crippen molar-refractivity contribution in [1.29, 1.82) is 0 Å². The fourth-order valence-electron chi connectivity index (χ4n) is 2.61. The Hall–Kier alpha value is -2.30. The fourth-order valence-corrected chi connectivity index (χ4v) is 2.61. The minimum atomic E-state index is 0.00652. The Morgan fingerprint density at radius 1 is 1.08 bits per heavy atom. The van der Waals surface area contributed by atoms with Gasteiger partial charge in [-0.25, -0.2) is 0 Å². The second-order valence-corrected chi connectivity index (χ2v) is 6.52. The van der Waals surface area contributed by atoms with E-state index in [1.54, 1.807) is 19.0 Å². The lowest BCUT2D eigenvalue weighted by Crippen LogP contribution is -2.21. The molecular weight excluding hydrogens is 316 g/mol. The molecule has 0 bridgehead atoms. The normalized spacial score (nSPS) is 10.7. The number of carbonyl (C=O) groups excluding carboxylic acids is 1. The Labute approximate surface area is 150 Å². The van der Waals surface area contributed by atoms with E-state index < -0.39 is 0 Å². The molecule has 0 atom stereocenters.